The van der Waals surface area contributed by atoms with Crippen LogP contribution in [0.4, 0.5) is 4.79 Å². The molecule has 164 valence electrons. The summed E-state index contributed by atoms with van der Waals surface area (Å²) in [6.45, 7) is 4.54. The van der Waals surface area contributed by atoms with E-state index in [0.717, 1.165) is 22.9 Å². The average molecular weight is 451 g/mol. The molecule has 2 aromatic carbocycles. The molecule has 0 bridgehead atoms. The van der Waals surface area contributed by atoms with Gasteiger partial charge >= 0.3 is 6.03 Å². The van der Waals surface area contributed by atoms with Gasteiger partial charge in [0.1, 0.15) is 0 Å². The second kappa shape index (κ2) is 9.23. The highest BCUT2D eigenvalue weighted by Gasteiger charge is 2.18. The van der Waals surface area contributed by atoms with Gasteiger partial charge in [-0.3, -0.25) is 23.9 Å². The molecule has 4 rings (SSSR count). The van der Waals surface area contributed by atoms with Crippen LogP contribution in [0.1, 0.15) is 18.1 Å². The van der Waals surface area contributed by atoms with E-state index in [0.29, 0.717) is 34.9 Å². The van der Waals surface area contributed by atoms with E-state index in [4.69, 9.17) is 0 Å². The van der Waals surface area contributed by atoms with Gasteiger partial charge in [0, 0.05) is 6.54 Å². The van der Waals surface area contributed by atoms with Crippen molar-refractivity contribution in [3.05, 3.63) is 70.0 Å². The summed E-state index contributed by atoms with van der Waals surface area (Å²) < 4.78 is 3.35. The predicted molar refractivity (Wildman–Crippen MR) is 123 cm³/mol. The van der Waals surface area contributed by atoms with Gasteiger partial charge in [-0.2, -0.15) is 0 Å². The Hall–Kier alpha value is -3.66. The van der Waals surface area contributed by atoms with Crippen LogP contribution in [-0.2, 0) is 11.3 Å². The molecule has 9 nitrogen and oxygen atoms in total. The number of aromatic nitrogens is 4. The fraction of sp³-hybridized carbons (Fsp3) is 0.227. The lowest BCUT2D eigenvalue weighted by atomic mass is 10.1. The van der Waals surface area contributed by atoms with Gasteiger partial charge in [-0.1, -0.05) is 53.7 Å². The number of fused-ring (bicyclic) bond motifs is 3. The van der Waals surface area contributed by atoms with E-state index in [-0.39, 0.29) is 11.3 Å². The molecule has 32 heavy (non-hydrogen) atoms. The van der Waals surface area contributed by atoms with E-state index < -0.39 is 11.9 Å². The molecule has 2 aromatic heterocycles. The van der Waals surface area contributed by atoms with Crippen molar-refractivity contribution in [1.82, 2.24) is 29.8 Å². The lowest BCUT2D eigenvalue weighted by Crippen LogP contribution is -2.40. The second-order valence-electron chi connectivity index (χ2n) is 7.21. The summed E-state index contributed by atoms with van der Waals surface area (Å²) in [5.74, 6) is -0.0838. The van der Waals surface area contributed by atoms with Crippen LogP contribution in [0.3, 0.4) is 0 Å². The zero-order chi connectivity index (χ0) is 22.7. The number of imide groups is 1. The SMILES string of the molecule is CCNC(=O)NC(=O)CSc1nnc2n(Cc3ccc(C)cc3)c(=O)c3ccccc3n12. The molecule has 10 heteroatoms. The number of carbonyl (C=O) groups is 2. The third-order valence-corrected chi connectivity index (χ3v) is 5.79. The summed E-state index contributed by atoms with van der Waals surface area (Å²) in [6, 6.07) is 14.6. The van der Waals surface area contributed by atoms with E-state index in [1.165, 1.54) is 0 Å². The highest BCUT2D eigenvalue weighted by atomic mass is 32.2. The Bertz CT molecular complexity index is 1360. The molecule has 0 radical (unpaired) electrons. The van der Waals surface area contributed by atoms with Crippen LogP contribution in [0.2, 0.25) is 0 Å². The number of nitrogens with zero attached hydrogens (tertiary/aromatic N) is 4. The molecule has 0 unspecified atom stereocenters. The minimum atomic E-state index is -0.540. The number of amides is 3. The largest absolute Gasteiger partial charge is 0.338 e. The van der Waals surface area contributed by atoms with Crippen LogP contribution in [0.25, 0.3) is 16.7 Å². The molecule has 0 aliphatic heterocycles. The van der Waals surface area contributed by atoms with E-state index in [2.05, 4.69) is 20.8 Å². The second-order valence-corrected chi connectivity index (χ2v) is 8.15. The van der Waals surface area contributed by atoms with Gasteiger partial charge in [0.25, 0.3) is 5.56 Å². The van der Waals surface area contributed by atoms with Crippen molar-refractivity contribution in [2.24, 2.45) is 0 Å². The molecule has 0 aliphatic rings. The molecule has 3 amide bonds. The van der Waals surface area contributed by atoms with E-state index >= 15 is 0 Å². The number of hydrogen-bond donors (Lipinski definition) is 2. The van der Waals surface area contributed by atoms with E-state index in [1.807, 2.05) is 49.4 Å². The van der Waals surface area contributed by atoms with Crippen molar-refractivity contribution in [3.8, 4) is 0 Å². The van der Waals surface area contributed by atoms with Crippen LogP contribution in [0.15, 0.2) is 58.5 Å². The first-order chi connectivity index (χ1) is 15.5. The number of nitrogens with one attached hydrogen (secondary N) is 2. The minimum Gasteiger partial charge on any atom is -0.338 e. The average Bonchev–Trinajstić information content (AvgIpc) is 3.21. The molecule has 0 saturated carbocycles. The Labute approximate surface area is 187 Å². The summed E-state index contributed by atoms with van der Waals surface area (Å²) in [7, 11) is 0. The predicted octanol–water partition coefficient (Wildman–Crippen LogP) is 2.34. The number of hydrogen-bond acceptors (Lipinski definition) is 6. The number of para-hydroxylation sites is 1. The Balaban J connectivity index is 1.72. The van der Waals surface area contributed by atoms with Gasteiger partial charge in [-0.05, 0) is 31.5 Å². The normalized spacial score (nSPS) is 11.1. The Morgan fingerprint density at radius 1 is 1.06 bits per heavy atom. The lowest BCUT2D eigenvalue weighted by Gasteiger charge is -2.11. The maximum Gasteiger partial charge on any atom is 0.321 e. The van der Waals surface area contributed by atoms with Crippen molar-refractivity contribution >= 4 is 40.4 Å². The van der Waals surface area contributed by atoms with Gasteiger partial charge < -0.3 is 5.32 Å². The van der Waals surface area contributed by atoms with Gasteiger partial charge in [0.15, 0.2) is 5.16 Å². The monoisotopic (exact) mass is 450 g/mol. The van der Waals surface area contributed by atoms with Crippen LogP contribution < -0.4 is 16.2 Å². The van der Waals surface area contributed by atoms with Crippen LogP contribution in [-0.4, -0.2) is 43.4 Å². The van der Waals surface area contributed by atoms with Crippen molar-refractivity contribution in [2.75, 3.05) is 12.3 Å². The minimum absolute atomic E-state index is 0.0245. The quantitative estimate of drug-likeness (QED) is 0.436. The maximum atomic E-state index is 13.2. The molecular formula is C22H22N6O3S. The number of rotatable bonds is 6. The van der Waals surface area contributed by atoms with Gasteiger partial charge in [0.2, 0.25) is 11.7 Å². The van der Waals surface area contributed by atoms with Gasteiger partial charge in [-0.15, -0.1) is 10.2 Å². The molecule has 0 saturated heterocycles. The summed E-state index contributed by atoms with van der Waals surface area (Å²) in [4.78, 5) is 36.9. The molecule has 0 atom stereocenters. The summed E-state index contributed by atoms with van der Waals surface area (Å²) in [6.07, 6.45) is 0. The third-order valence-electron chi connectivity index (χ3n) is 4.86. The van der Waals surface area contributed by atoms with Crippen LogP contribution in [0.5, 0.6) is 0 Å². The first kappa shape index (κ1) is 21.6. The standard InChI is InChI=1S/C22H22N6O3S/c1-3-23-20(31)24-18(29)13-32-22-26-25-21-27(12-15-10-8-14(2)9-11-15)19(30)16-6-4-5-7-17(16)28(21)22/h4-11H,3,12-13H2,1-2H3,(H2,23,24,29,31). The molecule has 4 aromatic rings. The van der Waals surface area contributed by atoms with Crippen molar-refractivity contribution in [1.29, 1.82) is 0 Å². The first-order valence-electron chi connectivity index (χ1n) is 10.1. The Kier molecular flexibility index (Phi) is 6.22. The number of thioether (sulfide) groups is 1. The van der Waals surface area contributed by atoms with Crippen molar-refractivity contribution in [2.45, 2.75) is 25.5 Å². The smallest absolute Gasteiger partial charge is 0.321 e. The van der Waals surface area contributed by atoms with E-state index in [9.17, 15) is 14.4 Å². The first-order valence-corrected chi connectivity index (χ1v) is 11.1. The molecule has 0 spiro atoms. The Morgan fingerprint density at radius 3 is 2.56 bits per heavy atom. The summed E-state index contributed by atoms with van der Waals surface area (Å²) >= 11 is 1.14. The zero-order valence-corrected chi connectivity index (χ0v) is 18.5. The molecule has 2 heterocycles. The van der Waals surface area contributed by atoms with Crippen molar-refractivity contribution in [3.63, 3.8) is 0 Å². The third kappa shape index (κ3) is 4.35. The molecule has 0 aliphatic carbocycles. The highest BCUT2D eigenvalue weighted by molar-refractivity contribution is 7.99. The topological polar surface area (TPSA) is 110 Å². The molecular weight excluding hydrogens is 428 g/mol. The summed E-state index contributed by atoms with van der Waals surface area (Å²) in [5.41, 5.74) is 2.60. The number of urea groups is 1. The fourth-order valence-electron chi connectivity index (χ4n) is 3.34. The maximum absolute atomic E-state index is 13.2. The lowest BCUT2D eigenvalue weighted by molar-refractivity contribution is -0.117. The molecule has 0 fully saturated rings. The van der Waals surface area contributed by atoms with Crippen molar-refractivity contribution < 1.29 is 9.59 Å². The number of benzene rings is 2. The zero-order valence-electron chi connectivity index (χ0n) is 17.7. The van der Waals surface area contributed by atoms with Gasteiger partial charge in [-0.25, -0.2) is 4.79 Å². The number of aryl methyl sites for hydroxylation is 1. The van der Waals surface area contributed by atoms with Gasteiger partial charge in [0.05, 0.1) is 23.2 Å². The van der Waals surface area contributed by atoms with E-state index in [1.54, 1.807) is 22.0 Å². The molecule has 2 N–H and O–H groups in total. The fourth-order valence-corrected chi connectivity index (χ4v) is 4.08. The van der Waals surface area contributed by atoms with Crippen LogP contribution >= 0.6 is 11.8 Å². The summed E-state index contributed by atoms with van der Waals surface area (Å²) in [5, 5.41) is 14.2. The number of carbonyl (C=O) groups excluding carboxylic acids is 2. The highest BCUT2D eigenvalue weighted by Crippen LogP contribution is 2.22. The Morgan fingerprint density at radius 2 is 1.81 bits per heavy atom. The van der Waals surface area contributed by atoms with Crippen LogP contribution in [0, 0.1) is 6.92 Å².